The van der Waals surface area contributed by atoms with Gasteiger partial charge in [0, 0.05) is 23.8 Å². The van der Waals surface area contributed by atoms with Crippen LogP contribution in [-0.2, 0) is 6.54 Å². The fourth-order valence-corrected chi connectivity index (χ4v) is 4.47. The zero-order chi connectivity index (χ0) is 20.5. The van der Waals surface area contributed by atoms with E-state index in [1.807, 2.05) is 36.5 Å². The molecule has 4 heterocycles. The smallest absolute Gasteiger partial charge is 0.174 e. The molecule has 1 fully saturated rings. The third-order valence-corrected chi connectivity index (χ3v) is 5.77. The van der Waals surface area contributed by atoms with Gasteiger partial charge in [0.2, 0.25) is 0 Å². The number of aryl methyl sites for hydroxylation is 1. The summed E-state index contributed by atoms with van der Waals surface area (Å²) in [4.78, 5) is 6.83. The highest BCUT2D eigenvalue weighted by molar-refractivity contribution is 7.80. The van der Waals surface area contributed by atoms with Crippen LogP contribution < -0.4 is 10.2 Å². The first-order chi connectivity index (χ1) is 14.7. The fourth-order valence-electron chi connectivity index (χ4n) is 4.12. The van der Waals surface area contributed by atoms with E-state index in [1.165, 1.54) is 5.56 Å². The van der Waals surface area contributed by atoms with E-state index in [2.05, 4.69) is 69.3 Å². The molecule has 1 N–H and O–H groups in total. The standard InChI is InChI=1S/C24H22N4OS/c1-17-7-4-8-18(15-17)28-23(22(26-24(28)30)20-10-2-3-12-25-20)21-11-5-13-27(21)16-19-9-6-14-29-19/h2-15,22-23H,16H2,1H3,(H,26,30). The Morgan fingerprint density at radius 1 is 1.07 bits per heavy atom. The SMILES string of the molecule is Cc1cccc(N2C(=S)NC(c3ccccn3)C2c2cccn2Cc2ccco2)c1. The Bertz CT molecular complexity index is 1150. The van der Waals surface area contributed by atoms with Crippen molar-refractivity contribution in [2.75, 3.05) is 4.90 Å². The van der Waals surface area contributed by atoms with Gasteiger partial charge in [-0.3, -0.25) is 4.98 Å². The molecule has 150 valence electrons. The maximum atomic E-state index is 5.81. The molecule has 1 saturated heterocycles. The minimum atomic E-state index is -0.0653. The lowest BCUT2D eigenvalue weighted by Crippen LogP contribution is -2.30. The van der Waals surface area contributed by atoms with Crippen molar-refractivity contribution in [1.29, 1.82) is 0 Å². The molecule has 0 bridgehead atoms. The van der Waals surface area contributed by atoms with Gasteiger partial charge >= 0.3 is 0 Å². The van der Waals surface area contributed by atoms with Gasteiger partial charge in [0.05, 0.1) is 24.5 Å². The maximum absolute atomic E-state index is 5.81. The van der Waals surface area contributed by atoms with Crippen LogP contribution in [0.2, 0.25) is 0 Å². The number of thiocarbonyl (C=S) groups is 1. The molecule has 1 aromatic carbocycles. The topological polar surface area (TPSA) is 46.2 Å². The van der Waals surface area contributed by atoms with Crippen molar-refractivity contribution < 1.29 is 4.42 Å². The van der Waals surface area contributed by atoms with Gasteiger partial charge in [0.15, 0.2) is 5.11 Å². The zero-order valence-electron chi connectivity index (χ0n) is 16.6. The number of hydrogen-bond donors (Lipinski definition) is 1. The second kappa shape index (κ2) is 7.80. The number of anilines is 1. The second-order valence-corrected chi connectivity index (χ2v) is 7.86. The molecule has 1 aliphatic rings. The van der Waals surface area contributed by atoms with Gasteiger partial charge in [-0.1, -0.05) is 18.2 Å². The van der Waals surface area contributed by atoms with Crippen LogP contribution in [0.1, 0.15) is 34.8 Å². The Kier molecular flexibility index (Phi) is 4.85. The van der Waals surface area contributed by atoms with Crippen LogP contribution in [-0.4, -0.2) is 14.7 Å². The first-order valence-corrected chi connectivity index (χ1v) is 10.4. The average molecular weight is 415 g/mol. The number of pyridine rings is 1. The van der Waals surface area contributed by atoms with Gasteiger partial charge in [0.1, 0.15) is 11.8 Å². The lowest BCUT2D eigenvalue weighted by molar-refractivity contribution is 0.475. The second-order valence-electron chi connectivity index (χ2n) is 7.48. The predicted molar refractivity (Wildman–Crippen MR) is 121 cm³/mol. The molecule has 2 atom stereocenters. The molecule has 0 spiro atoms. The molecule has 30 heavy (non-hydrogen) atoms. The van der Waals surface area contributed by atoms with Crippen molar-refractivity contribution >= 4 is 23.0 Å². The normalized spacial score (nSPS) is 18.6. The van der Waals surface area contributed by atoms with Gasteiger partial charge in [-0.05, 0) is 73.2 Å². The van der Waals surface area contributed by atoms with E-state index in [0.717, 1.165) is 22.8 Å². The van der Waals surface area contributed by atoms with E-state index in [1.54, 1.807) is 6.26 Å². The molecule has 6 heteroatoms. The van der Waals surface area contributed by atoms with E-state index < -0.39 is 0 Å². The number of nitrogens with zero attached hydrogens (tertiary/aromatic N) is 3. The molecule has 0 saturated carbocycles. The highest BCUT2D eigenvalue weighted by atomic mass is 32.1. The third-order valence-electron chi connectivity index (χ3n) is 5.45. The van der Waals surface area contributed by atoms with Crippen LogP contribution in [0.25, 0.3) is 0 Å². The summed E-state index contributed by atoms with van der Waals surface area (Å²) in [6.07, 6.45) is 5.62. The first kappa shape index (κ1) is 18.6. The summed E-state index contributed by atoms with van der Waals surface area (Å²) in [5.74, 6) is 0.914. The number of benzene rings is 1. The Morgan fingerprint density at radius 2 is 2.00 bits per heavy atom. The molecule has 4 aromatic rings. The molecule has 0 amide bonds. The van der Waals surface area contributed by atoms with Crippen molar-refractivity contribution in [2.24, 2.45) is 0 Å². The summed E-state index contributed by atoms with van der Waals surface area (Å²) in [7, 11) is 0. The van der Waals surface area contributed by atoms with Gasteiger partial charge in [-0.25, -0.2) is 0 Å². The summed E-state index contributed by atoms with van der Waals surface area (Å²) in [6, 6.07) is 22.5. The first-order valence-electron chi connectivity index (χ1n) is 9.95. The minimum Gasteiger partial charge on any atom is -0.467 e. The summed E-state index contributed by atoms with van der Waals surface area (Å²) in [6.45, 7) is 2.76. The Labute approximate surface area is 181 Å². The largest absolute Gasteiger partial charge is 0.467 e. The minimum absolute atomic E-state index is 0.0424. The van der Waals surface area contributed by atoms with E-state index in [0.29, 0.717) is 11.7 Å². The van der Waals surface area contributed by atoms with E-state index >= 15 is 0 Å². The summed E-state index contributed by atoms with van der Waals surface area (Å²) < 4.78 is 7.82. The van der Waals surface area contributed by atoms with Crippen LogP contribution in [0.5, 0.6) is 0 Å². The van der Waals surface area contributed by atoms with Crippen LogP contribution in [0.3, 0.4) is 0 Å². The van der Waals surface area contributed by atoms with E-state index in [9.17, 15) is 0 Å². The molecule has 0 aliphatic carbocycles. The lowest BCUT2D eigenvalue weighted by atomic mass is 10.0. The predicted octanol–water partition coefficient (Wildman–Crippen LogP) is 5.01. The van der Waals surface area contributed by atoms with E-state index in [-0.39, 0.29) is 12.1 Å². The van der Waals surface area contributed by atoms with Gasteiger partial charge < -0.3 is 19.2 Å². The summed E-state index contributed by atoms with van der Waals surface area (Å²) in [5.41, 5.74) is 4.38. The van der Waals surface area contributed by atoms with Crippen molar-refractivity contribution in [1.82, 2.24) is 14.9 Å². The van der Waals surface area contributed by atoms with Gasteiger partial charge in [0.25, 0.3) is 0 Å². The number of aromatic nitrogens is 2. The van der Waals surface area contributed by atoms with Crippen LogP contribution >= 0.6 is 12.2 Å². The Hall–Kier alpha value is -3.38. The highest BCUT2D eigenvalue weighted by Gasteiger charge is 2.42. The van der Waals surface area contributed by atoms with Gasteiger partial charge in [-0.15, -0.1) is 0 Å². The highest BCUT2D eigenvalue weighted by Crippen LogP contribution is 2.41. The molecule has 0 radical (unpaired) electrons. The monoisotopic (exact) mass is 414 g/mol. The molecule has 5 rings (SSSR count). The Balaban J connectivity index is 1.62. The average Bonchev–Trinajstić information content (AvgIpc) is 3.49. The summed E-state index contributed by atoms with van der Waals surface area (Å²) in [5, 5.41) is 4.22. The lowest BCUT2D eigenvalue weighted by Gasteiger charge is -2.29. The third kappa shape index (κ3) is 3.39. The van der Waals surface area contributed by atoms with Crippen molar-refractivity contribution in [3.8, 4) is 0 Å². The quantitative estimate of drug-likeness (QED) is 0.465. The molecule has 5 nitrogen and oxygen atoms in total. The van der Waals surface area contributed by atoms with Crippen LogP contribution in [0, 0.1) is 6.92 Å². The molecular formula is C24H22N4OS. The molecular weight excluding hydrogens is 392 g/mol. The fraction of sp³-hybridized carbons (Fsp3) is 0.167. The molecule has 3 aromatic heterocycles. The zero-order valence-corrected chi connectivity index (χ0v) is 17.4. The number of hydrogen-bond acceptors (Lipinski definition) is 3. The number of nitrogens with one attached hydrogen (secondary N) is 1. The van der Waals surface area contributed by atoms with Crippen molar-refractivity contribution in [2.45, 2.75) is 25.6 Å². The molecule has 2 unspecified atom stereocenters. The molecule has 1 aliphatic heterocycles. The number of rotatable bonds is 5. The summed E-state index contributed by atoms with van der Waals surface area (Å²) >= 11 is 5.81. The van der Waals surface area contributed by atoms with Crippen LogP contribution in [0.15, 0.2) is 89.8 Å². The van der Waals surface area contributed by atoms with Crippen molar-refractivity contribution in [3.05, 3.63) is 108 Å². The van der Waals surface area contributed by atoms with E-state index in [4.69, 9.17) is 16.6 Å². The van der Waals surface area contributed by atoms with Crippen molar-refractivity contribution in [3.63, 3.8) is 0 Å². The maximum Gasteiger partial charge on any atom is 0.174 e. The van der Waals surface area contributed by atoms with Crippen LogP contribution in [0.4, 0.5) is 5.69 Å². The van der Waals surface area contributed by atoms with Gasteiger partial charge in [-0.2, -0.15) is 0 Å². The number of furan rings is 1. The Morgan fingerprint density at radius 3 is 2.77 bits per heavy atom.